The summed E-state index contributed by atoms with van der Waals surface area (Å²) in [5.41, 5.74) is 7.52. The van der Waals surface area contributed by atoms with Crippen LogP contribution < -0.4 is 10.6 Å². The first-order valence-corrected chi connectivity index (χ1v) is 7.11. The fraction of sp³-hybridized carbons (Fsp3) is 0.625. The fourth-order valence-electron chi connectivity index (χ4n) is 2.40. The van der Waals surface area contributed by atoms with Crippen LogP contribution in [0.2, 0.25) is 0 Å². The van der Waals surface area contributed by atoms with E-state index in [1.165, 1.54) is 6.07 Å². The van der Waals surface area contributed by atoms with Crippen LogP contribution in [0.5, 0.6) is 0 Å². The molecule has 19 heavy (non-hydrogen) atoms. The summed E-state index contributed by atoms with van der Waals surface area (Å²) in [5, 5.41) is 0. The van der Waals surface area contributed by atoms with Crippen molar-refractivity contribution in [3.05, 3.63) is 29.6 Å². The van der Waals surface area contributed by atoms with Crippen molar-refractivity contribution < 1.29 is 4.39 Å². The summed E-state index contributed by atoms with van der Waals surface area (Å²) in [6, 6.07) is 4.94. The Morgan fingerprint density at radius 3 is 2.00 bits per heavy atom. The van der Waals surface area contributed by atoms with Crippen LogP contribution in [-0.2, 0) is 0 Å². The molecule has 0 aromatic heterocycles. The summed E-state index contributed by atoms with van der Waals surface area (Å²) in [5.74, 6) is 0.857. The first-order chi connectivity index (χ1) is 8.82. The first kappa shape index (κ1) is 16.0. The monoisotopic (exact) mass is 266 g/mol. The smallest absolute Gasteiger partial charge is 0.130 e. The largest absolute Gasteiger partial charge is 0.371 e. The highest BCUT2D eigenvalue weighted by Crippen LogP contribution is 2.29. The van der Waals surface area contributed by atoms with Crippen LogP contribution in [0.15, 0.2) is 18.2 Å². The molecule has 1 unspecified atom stereocenters. The van der Waals surface area contributed by atoms with Crippen LogP contribution in [0.3, 0.4) is 0 Å². The van der Waals surface area contributed by atoms with Crippen molar-refractivity contribution in [1.82, 2.24) is 0 Å². The molecule has 1 aromatic rings. The Hall–Kier alpha value is -1.09. The van der Waals surface area contributed by atoms with Gasteiger partial charge in [-0.1, -0.05) is 33.8 Å². The molecule has 0 aliphatic heterocycles. The number of rotatable bonds is 6. The molecule has 0 radical (unpaired) electrons. The molecule has 0 saturated heterocycles. The van der Waals surface area contributed by atoms with Crippen molar-refractivity contribution in [2.45, 2.75) is 40.7 Å². The first-order valence-electron chi connectivity index (χ1n) is 7.11. The van der Waals surface area contributed by atoms with Crippen molar-refractivity contribution in [2.24, 2.45) is 17.6 Å². The summed E-state index contributed by atoms with van der Waals surface area (Å²) in [4.78, 5) is 2.26. The van der Waals surface area contributed by atoms with Crippen LogP contribution in [-0.4, -0.2) is 13.1 Å². The van der Waals surface area contributed by atoms with Gasteiger partial charge in [0.15, 0.2) is 0 Å². The van der Waals surface area contributed by atoms with Crippen molar-refractivity contribution in [3.63, 3.8) is 0 Å². The maximum Gasteiger partial charge on any atom is 0.130 e. The minimum Gasteiger partial charge on any atom is -0.371 e. The average Bonchev–Trinajstić information content (AvgIpc) is 2.25. The molecule has 2 N–H and O–H groups in total. The summed E-state index contributed by atoms with van der Waals surface area (Å²) in [7, 11) is 0. The van der Waals surface area contributed by atoms with Crippen LogP contribution >= 0.6 is 0 Å². The molecule has 0 amide bonds. The lowest BCUT2D eigenvalue weighted by Gasteiger charge is -2.31. The Kier molecular flexibility index (Phi) is 5.80. The molecule has 1 rings (SSSR count). The maximum atomic E-state index is 14.0. The zero-order chi connectivity index (χ0) is 14.6. The molecule has 0 heterocycles. The molecule has 1 atom stereocenters. The van der Waals surface area contributed by atoms with Crippen LogP contribution in [0.1, 0.15) is 46.2 Å². The zero-order valence-corrected chi connectivity index (χ0v) is 12.8. The standard InChI is InChI=1S/C16H27FN2/c1-11(2)9-19(10-12(3)4)15-8-6-7-14(17)16(15)13(5)18/h6-8,11-13H,9-10,18H2,1-5H3. The maximum absolute atomic E-state index is 14.0. The van der Waals surface area contributed by atoms with Gasteiger partial charge in [0.05, 0.1) is 0 Å². The van der Waals surface area contributed by atoms with E-state index in [9.17, 15) is 4.39 Å². The van der Waals surface area contributed by atoms with Crippen molar-refractivity contribution >= 4 is 5.69 Å². The lowest BCUT2D eigenvalue weighted by atomic mass is 10.0. The second-order valence-corrected chi connectivity index (χ2v) is 6.15. The van der Waals surface area contributed by atoms with Crippen molar-refractivity contribution in [3.8, 4) is 0 Å². The zero-order valence-electron chi connectivity index (χ0n) is 12.8. The van der Waals surface area contributed by atoms with Gasteiger partial charge in [-0.25, -0.2) is 4.39 Å². The predicted octanol–water partition coefficient (Wildman–Crippen LogP) is 3.96. The van der Waals surface area contributed by atoms with E-state index in [1.807, 2.05) is 13.0 Å². The summed E-state index contributed by atoms with van der Waals surface area (Å²) in [6.45, 7) is 12.4. The Labute approximate surface area is 116 Å². The molecule has 0 fully saturated rings. The van der Waals surface area contributed by atoms with E-state index < -0.39 is 0 Å². The molecular weight excluding hydrogens is 239 g/mol. The molecule has 0 spiro atoms. The molecule has 0 aliphatic rings. The number of hydrogen-bond acceptors (Lipinski definition) is 2. The molecular formula is C16H27FN2. The van der Waals surface area contributed by atoms with E-state index in [-0.39, 0.29) is 11.9 Å². The third-order valence-corrected chi connectivity index (χ3v) is 3.00. The molecule has 0 aliphatic carbocycles. The van der Waals surface area contributed by atoms with E-state index in [1.54, 1.807) is 6.07 Å². The molecule has 1 aromatic carbocycles. The van der Waals surface area contributed by atoms with Crippen LogP contribution in [0.4, 0.5) is 10.1 Å². The number of nitrogens with zero attached hydrogens (tertiary/aromatic N) is 1. The number of nitrogens with two attached hydrogens (primary N) is 1. The topological polar surface area (TPSA) is 29.3 Å². The predicted molar refractivity (Wildman–Crippen MR) is 80.9 cm³/mol. The van der Waals surface area contributed by atoms with Gasteiger partial charge < -0.3 is 10.6 Å². The molecule has 2 nitrogen and oxygen atoms in total. The number of halogens is 1. The summed E-state index contributed by atoms with van der Waals surface area (Å²) < 4.78 is 14.0. The van der Waals surface area contributed by atoms with Gasteiger partial charge >= 0.3 is 0 Å². The molecule has 0 bridgehead atoms. The Balaban J connectivity index is 3.17. The minimum absolute atomic E-state index is 0.204. The third-order valence-electron chi connectivity index (χ3n) is 3.00. The van der Waals surface area contributed by atoms with E-state index in [0.29, 0.717) is 17.4 Å². The van der Waals surface area contributed by atoms with Crippen molar-refractivity contribution in [1.29, 1.82) is 0 Å². The van der Waals surface area contributed by atoms with Crippen LogP contribution in [0, 0.1) is 17.7 Å². The molecule has 3 heteroatoms. The number of anilines is 1. The lowest BCUT2D eigenvalue weighted by Crippen LogP contribution is -2.33. The number of benzene rings is 1. The lowest BCUT2D eigenvalue weighted by molar-refractivity contribution is 0.543. The van der Waals surface area contributed by atoms with Gasteiger partial charge in [0.25, 0.3) is 0 Å². The van der Waals surface area contributed by atoms with Crippen LogP contribution in [0.25, 0.3) is 0 Å². The van der Waals surface area contributed by atoms with E-state index in [4.69, 9.17) is 5.73 Å². The van der Waals surface area contributed by atoms with Gasteiger partial charge in [-0.15, -0.1) is 0 Å². The second-order valence-electron chi connectivity index (χ2n) is 6.15. The van der Waals surface area contributed by atoms with Gasteiger partial charge in [-0.05, 0) is 30.9 Å². The Morgan fingerprint density at radius 2 is 1.58 bits per heavy atom. The van der Waals surface area contributed by atoms with E-state index in [2.05, 4.69) is 32.6 Å². The van der Waals surface area contributed by atoms with Gasteiger partial charge in [-0.3, -0.25) is 0 Å². The second kappa shape index (κ2) is 6.90. The highest BCUT2D eigenvalue weighted by atomic mass is 19.1. The highest BCUT2D eigenvalue weighted by molar-refractivity contribution is 5.55. The third kappa shape index (κ3) is 4.50. The van der Waals surface area contributed by atoms with Gasteiger partial charge in [-0.2, -0.15) is 0 Å². The van der Waals surface area contributed by atoms with Crippen molar-refractivity contribution in [2.75, 3.05) is 18.0 Å². The number of hydrogen-bond donors (Lipinski definition) is 1. The normalized spacial score (nSPS) is 13.1. The SMILES string of the molecule is CC(C)CN(CC(C)C)c1cccc(F)c1C(C)N. The summed E-state index contributed by atoms with van der Waals surface area (Å²) >= 11 is 0. The summed E-state index contributed by atoms with van der Waals surface area (Å²) in [6.07, 6.45) is 0. The van der Waals surface area contributed by atoms with E-state index in [0.717, 1.165) is 18.8 Å². The van der Waals surface area contributed by atoms with Gasteiger partial charge in [0.1, 0.15) is 5.82 Å². The van der Waals surface area contributed by atoms with Gasteiger partial charge in [0.2, 0.25) is 0 Å². The Bertz CT molecular complexity index is 390. The average molecular weight is 266 g/mol. The quantitative estimate of drug-likeness (QED) is 0.844. The molecule has 108 valence electrons. The minimum atomic E-state index is -0.293. The fourth-order valence-corrected chi connectivity index (χ4v) is 2.40. The highest BCUT2D eigenvalue weighted by Gasteiger charge is 2.18. The van der Waals surface area contributed by atoms with E-state index >= 15 is 0 Å². The molecule has 0 saturated carbocycles. The van der Waals surface area contributed by atoms with Gasteiger partial charge in [0, 0.05) is 30.4 Å². The Morgan fingerprint density at radius 1 is 1.05 bits per heavy atom.